The summed E-state index contributed by atoms with van der Waals surface area (Å²) in [4.78, 5) is 16.4. The minimum Gasteiger partial charge on any atom is -0.340 e. The van der Waals surface area contributed by atoms with Crippen LogP contribution in [0.4, 0.5) is 0 Å². The highest BCUT2D eigenvalue weighted by atomic mass is 16.2. The van der Waals surface area contributed by atoms with E-state index < -0.39 is 0 Å². The fourth-order valence-corrected chi connectivity index (χ4v) is 2.37. The molecule has 98 valence electrons. The van der Waals surface area contributed by atoms with Gasteiger partial charge in [-0.2, -0.15) is 0 Å². The number of hydrogen-bond donors (Lipinski definition) is 1. The Hall–Kier alpha value is -0.610. The number of rotatable bonds is 6. The molecule has 0 aromatic rings. The molecule has 0 bridgehead atoms. The average Bonchev–Trinajstić information content (AvgIpc) is 3.14. The van der Waals surface area contributed by atoms with Crippen molar-refractivity contribution in [1.82, 2.24) is 15.1 Å². The second-order valence-corrected chi connectivity index (χ2v) is 5.20. The van der Waals surface area contributed by atoms with Crippen molar-refractivity contribution < 1.29 is 4.79 Å². The molecule has 1 heterocycles. The van der Waals surface area contributed by atoms with Gasteiger partial charge in [0.25, 0.3) is 0 Å². The van der Waals surface area contributed by atoms with Gasteiger partial charge in [-0.25, -0.2) is 0 Å². The zero-order valence-electron chi connectivity index (χ0n) is 11.0. The van der Waals surface area contributed by atoms with E-state index in [2.05, 4.69) is 17.1 Å². The van der Waals surface area contributed by atoms with Gasteiger partial charge in [0.1, 0.15) is 0 Å². The van der Waals surface area contributed by atoms with Gasteiger partial charge >= 0.3 is 0 Å². The van der Waals surface area contributed by atoms with Gasteiger partial charge in [-0.3, -0.25) is 9.69 Å². The molecule has 1 aliphatic heterocycles. The van der Waals surface area contributed by atoms with Crippen molar-refractivity contribution in [1.29, 1.82) is 0 Å². The molecule has 0 spiro atoms. The quantitative estimate of drug-likeness (QED) is 0.740. The van der Waals surface area contributed by atoms with Crippen LogP contribution in [0.2, 0.25) is 0 Å². The van der Waals surface area contributed by atoms with Gasteiger partial charge in [-0.15, -0.1) is 0 Å². The van der Waals surface area contributed by atoms with Gasteiger partial charge in [-0.05, 0) is 25.8 Å². The maximum absolute atomic E-state index is 11.9. The topological polar surface area (TPSA) is 35.6 Å². The first-order valence-corrected chi connectivity index (χ1v) is 7.03. The maximum atomic E-state index is 11.9. The molecular formula is C13H25N3O. The van der Waals surface area contributed by atoms with Crippen LogP contribution in [-0.2, 0) is 4.79 Å². The predicted octanol–water partition coefficient (Wildman–Crippen LogP) is 0.683. The third-order valence-electron chi connectivity index (χ3n) is 3.61. The highest BCUT2D eigenvalue weighted by Crippen LogP contribution is 2.18. The van der Waals surface area contributed by atoms with Crippen molar-refractivity contribution in [2.24, 2.45) is 0 Å². The summed E-state index contributed by atoms with van der Waals surface area (Å²) >= 11 is 0. The minimum atomic E-state index is 0.328. The maximum Gasteiger partial charge on any atom is 0.223 e. The van der Waals surface area contributed by atoms with Crippen LogP contribution >= 0.6 is 0 Å². The third kappa shape index (κ3) is 4.28. The summed E-state index contributed by atoms with van der Waals surface area (Å²) in [5.74, 6) is 0.328. The van der Waals surface area contributed by atoms with Crippen molar-refractivity contribution in [3.63, 3.8) is 0 Å². The fraction of sp³-hybridized carbons (Fsp3) is 0.923. The summed E-state index contributed by atoms with van der Waals surface area (Å²) in [5, 5.41) is 3.40. The van der Waals surface area contributed by atoms with E-state index in [0.717, 1.165) is 32.7 Å². The van der Waals surface area contributed by atoms with Crippen molar-refractivity contribution in [2.75, 3.05) is 39.3 Å². The summed E-state index contributed by atoms with van der Waals surface area (Å²) < 4.78 is 0. The van der Waals surface area contributed by atoms with Crippen molar-refractivity contribution in [2.45, 2.75) is 38.6 Å². The first-order chi connectivity index (χ1) is 8.29. The number of hydrogen-bond acceptors (Lipinski definition) is 3. The SMILES string of the molecule is CCCN1CCN(C(=O)CCNC2CC2)CC1. The number of carbonyl (C=O) groups is 1. The van der Waals surface area contributed by atoms with Gasteiger partial charge in [0.15, 0.2) is 0 Å². The summed E-state index contributed by atoms with van der Waals surface area (Å²) in [5.41, 5.74) is 0. The molecule has 0 aromatic carbocycles. The summed E-state index contributed by atoms with van der Waals surface area (Å²) in [6, 6.07) is 0.712. The lowest BCUT2D eigenvalue weighted by molar-refractivity contribution is -0.132. The van der Waals surface area contributed by atoms with Crippen molar-refractivity contribution in [3.05, 3.63) is 0 Å². The largest absolute Gasteiger partial charge is 0.340 e. The van der Waals surface area contributed by atoms with E-state index >= 15 is 0 Å². The molecule has 2 rings (SSSR count). The molecule has 4 nitrogen and oxygen atoms in total. The van der Waals surface area contributed by atoms with Crippen LogP contribution in [0, 0.1) is 0 Å². The average molecular weight is 239 g/mol. The van der Waals surface area contributed by atoms with E-state index in [-0.39, 0.29) is 0 Å². The molecule has 0 radical (unpaired) electrons. The van der Waals surface area contributed by atoms with Gasteiger partial charge in [0.05, 0.1) is 0 Å². The molecule has 1 amide bonds. The van der Waals surface area contributed by atoms with Crippen LogP contribution in [0.25, 0.3) is 0 Å². The van der Waals surface area contributed by atoms with E-state index in [0.29, 0.717) is 18.4 Å². The molecule has 1 aliphatic carbocycles. The van der Waals surface area contributed by atoms with Crippen LogP contribution < -0.4 is 5.32 Å². The first kappa shape index (κ1) is 12.8. The van der Waals surface area contributed by atoms with Crippen LogP contribution in [0.5, 0.6) is 0 Å². The lowest BCUT2D eigenvalue weighted by Gasteiger charge is -2.34. The number of carbonyl (C=O) groups excluding carboxylic acids is 1. The Morgan fingerprint density at radius 1 is 1.24 bits per heavy atom. The van der Waals surface area contributed by atoms with Gasteiger partial charge < -0.3 is 10.2 Å². The summed E-state index contributed by atoms with van der Waals surface area (Å²) in [6.45, 7) is 8.18. The van der Waals surface area contributed by atoms with Crippen LogP contribution in [0.3, 0.4) is 0 Å². The Kier molecular flexibility index (Phi) is 4.80. The monoisotopic (exact) mass is 239 g/mol. The normalized spacial score (nSPS) is 21.8. The van der Waals surface area contributed by atoms with Crippen LogP contribution in [0.1, 0.15) is 32.6 Å². The second kappa shape index (κ2) is 6.36. The lowest BCUT2D eigenvalue weighted by atomic mass is 10.2. The zero-order valence-corrected chi connectivity index (χ0v) is 11.0. The molecule has 2 fully saturated rings. The van der Waals surface area contributed by atoms with E-state index in [9.17, 15) is 4.79 Å². The molecule has 1 N–H and O–H groups in total. The molecule has 4 heteroatoms. The standard InChI is InChI=1S/C13H25N3O/c1-2-7-15-8-10-16(11-9-15)13(17)5-6-14-12-3-4-12/h12,14H,2-11H2,1H3. The Balaban J connectivity index is 1.59. The molecule has 1 saturated heterocycles. The van der Waals surface area contributed by atoms with Crippen LogP contribution in [-0.4, -0.2) is 61.0 Å². The van der Waals surface area contributed by atoms with E-state index in [4.69, 9.17) is 0 Å². The van der Waals surface area contributed by atoms with Crippen LogP contribution in [0.15, 0.2) is 0 Å². The van der Waals surface area contributed by atoms with Crippen molar-refractivity contribution in [3.8, 4) is 0 Å². The predicted molar refractivity (Wildman–Crippen MR) is 69.0 cm³/mol. The molecule has 0 unspecified atom stereocenters. The highest BCUT2D eigenvalue weighted by molar-refractivity contribution is 5.76. The summed E-state index contributed by atoms with van der Waals surface area (Å²) in [6.07, 6.45) is 4.47. The minimum absolute atomic E-state index is 0.328. The zero-order chi connectivity index (χ0) is 12.1. The molecular weight excluding hydrogens is 214 g/mol. The van der Waals surface area contributed by atoms with Gasteiger partial charge in [0.2, 0.25) is 5.91 Å². The number of amides is 1. The number of nitrogens with zero attached hydrogens (tertiary/aromatic N) is 2. The molecule has 0 atom stereocenters. The van der Waals surface area contributed by atoms with E-state index in [1.165, 1.54) is 25.8 Å². The van der Waals surface area contributed by atoms with Gasteiger partial charge in [-0.1, -0.05) is 6.92 Å². The van der Waals surface area contributed by atoms with Crippen molar-refractivity contribution >= 4 is 5.91 Å². The lowest BCUT2D eigenvalue weighted by Crippen LogP contribution is -2.49. The highest BCUT2D eigenvalue weighted by Gasteiger charge is 2.22. The Bertz CT molecular complexity index is 245. The number of nitrogens with one attached hydrogen (secondary N) is 1. The molecule has 2 aliphatic rings. The Labute approximate surface area is 104 Å². The van der Waals surface area contributed by atoms with Gasteiger partial charge in [0, 0.05) is 45.2 Å². The second-order valence-electron chi connectivity index (χ2n) is 5.20. The Morgan fingerprint density at radius 2 is 1.94 bits per heavy atom. The number of piperazine rings is 1. The first-order valence-electron chi connectivity index (χ1n) is 7.03. The summed E-state index contributed by atoms with van der Waals surface area (Å²) in [7, 11) is 0. The van der Waals surface area contributed by atoms with E-state index in [1.54, 1.807) is 0 Å². The van der Waals surface area contributed by atoms with E-state index in [1.807, 2.05) is 4.90 Å². The molecule has 17 heavy (non-hydrogen) atoms. The molecule has 1 saturated carbocycles. The smallest absolute Gasteiger partial charge is 0.223 e. The third-order valence-corrected chi connectivity index (χ3v) is 3.61. The fourth-order valence-electron chi connectivity index (χ4n) is 2.37. The molecule has 0 aromatic heterocycles. The Morgan fingerprint density at radius 3 is 2.53 bits per heavy atom.